The summed E-state index contributed by atoms with van der Waals surface area (Å²) < 4.78 is 28.4. The SMILES string of the molecule is CNC(=O)c1cccc(Nc2nc3c(c(Nc4ccccc4S(=O)(=O)NC(C)C)n2)CCN3)c1. The third-order valence-electron chi connectivity index (χ3n) is 5.10. The number of carbonyl (C=O) groups excluding carboxylic acids is 1. The third kappa shape index (κ3) is 5.10. The molecule has 34 heavy (non-hydrogen) atoms. The quantitative estimate of drug-likeness (QED) is 0.331. The number of para-hydroxylation sites is 1. The summed E-state index contributed by atoms with van der Waals surface area (Å²) >= 11 is 0. The second kappa shape index (κ2) is 9.65. The monoisotopic (exact) mass is 481 g/mol. The molecule has 3 aromatic rings. The van der Waals surface area contributed by atoms with Gasteiger partial charge in [0.25, 0.3) is 5.91 Å². The van der Waals surface area contributed by atoms with Gasteiger partial charge in [-0.05, 0) is 50.6 Å². The molecule has 10 nitrogen and oxygen atoms in total. The number of aromatic nitrogens is 2. The summed E-state index contributed by atoms with van der Waals surface area (Å²) in [7, 11) is -2.15. The molecule has 1 aromatic heterocycles. The first-order valence-corrected chi connectivity index (χ1v) is 12.4. The molecular weight excluding hydrogens is 454 g/mol. The van der Waals surface area contributed by atoms with Gasteiger partial charge in [-0.2, -0.15) is 9.97 Å². The van der Waals surface area contributed by atoms with Crippen LogP contribution in [0.1, 0.15) is 29.8 Å². The van der Waals surface area contributed by atoms with Gasteiger partial charge in [0.1, 0.15) is 16.5 Å². The van der Waals surface area contributed by atoms with Gasteiger partial charge in [0, 0.05) is 36.4 Å². The summed E-state index contributed by atoms with van der Waals surface area (Å²) in [5.74, 6) is 1.29. The highest BCUT2D eigenvalue weighted by Crippen LogP contribution is 2.32. The number of benzene rings is 2. The van der Waals surface area contributed by atoms with E-state index in [0.717, 1.165) is 5.56 Å². The van der Waals surface area contributed by atoms with Crippen LogP contribution in [0.3, 0.4) is 0 Å². The van der Waals surface area contributed by atoms with Crippen molar-refractivity contribution in [2.75, 3.05) is 29.5 Å². The lowest BCUT2D eigenvalue weighted by Gasteiger charge is -2.16. The summed E-state index contributed by atoms with van der Waals surface area (Å²) in [5, 5.41) is 12.2. The van der Waals surface area contributed by atoms with Crippen LogP contribution >= 0.6 is 0 Å². The second-order valence-electron chi connectivity index (χ2n) is 8.08. The highest BCUT2D eigenvalue weighted by atomic mass is 32.2. The molecule has 0 radical (unpaired) electrons. The van der Waals surface area contributed by atoms with Gasteiger partial charge >= 0.3 is 0 Å². The Morgan fingerprint density at radius 3 is 2.62 bits per heavy atom. The van der Waals surface area contributed by atoms with E-state index in [2.05, 4.69) is 36.0 Å². The van der Waals surface area contributed by atoms with Crippen molar-refractivity contribution < 1.29 is 13.2 Å². The van der Waals surface area contributed by atoms with Gasteiger partial charge in [-0.25, -0.2) is 13.1 Å². The van der Waals surface area contributed by atoms with Crippen molar-refractivity contribution in [3.8, 4) is 0 Å². The zero-order valence-electron chi connectivity index (χ0n) is 19.1. The fraction of sp³-hybridized carbons (Fsp3) is 0.261. The molecule has 1 aliphatic heterocycles. The van der Waals surface area contributed by atoms with E-state index in [9.17, 15) is 13.2 Å². The fourth-order valence-electron chi connectivity index (χ4n) is 3.65. The number of nitrogens with one attached hydrogen (secondary N) is 5. The first kappa shape index (κ1) is 23.5. The van der Waals surface area contributed by atoms with Gasteiger partial charge in [0.2, 0.25) is 16.0 Å². The number of amides is 1. The molecule has 0 fully saturated rings. The Labute approximate surface area is 198 Å². The standard InChI is InChI=1S/C23H27N7O3S/c1-14(2)30-34(32,33)19-10-5-4-9-18(19)27-21-17-11-12-25-20(17)28-23(29-21)26-16-8-6-7-15(13-16)22(31)24-3/h4-10,13-14,30H,11-12H2,1-3H3,(H,24,31)(H3,25,26,27,28,29). The van der Waals surface area contributed by atoms with E-state index in [4.69, 9.17) is 0 Å². The summed E-state index contributed by atoms with van der Waals surface area (Å²) in [6.07, 6.45) is 0.698. The molecule has 0 saturated heterocycles. The van der Waals surface area contributed by atoms with Crippen LogP contribution in [0.25, 0.3) is 0 Å². The molecule has 1 aliphatic rings. The van der Waals surface area contributed by atoms with Gasteiger partial charge in [0.05, 0.1) is 5.69 Å². The summed E-state index contributed by atoms with van der Waals surface area (Å²) in [6.45, 7) is 4.24. The number of hydrogen-bond acceptors (Lipinski definition) is 8. The van der Waals surface area contributed by atoms with Crippen LogP contribution in [0, 0.1) is 0 Å². The van der Waals surface area contributed by atoms with E-state index in [-0.39, 0.29) is 16.8 Å². The van der Waals surface area contributed by atoms with Crippen LogP contribution in [0.15, 0.2) is 53.4 Å². The minimum Gasteiger partial charge on any atom is -0.369 e. The molecule has 0 spiro atoms. The number of rotatable bonds is 8. The van der Waals surface area contributed by atoms with Crippen LogP contribution in [-0.2, 0) is 16.4 Å². The van der Waals surface area contributed by atoms with Crippen molar-refractivity contribution in [3.63, 3.8) is 0 Å². The second-order valence-corrected chi connectivity index (χ2v) is 9.76. The largest absolute Gasteiger partial charge is 0.369 e. The first-order chi connectivity index (χ1) is 16.3. The maximum atomic E-state index is 12.9. The van der Waals surface area contributed by atoms with E-state index in [1.807, 2.05) is 6.07 Å². The molecule has 5 N–H and O–H groups in total. The van der Waals surface area contributed by atoms with Crippen LogP contribution in [0.2, 0.25) is 0 Å². The molecule has 2 aromatic carbocycles. The Hall–Kier alpha value is -3.70. The molecule has 0 atom stereocenters. The predicted octanol–water partition coefficient (Wildman–Crippen LogP) is 2.98. The lowest BCUT2D eigenvalue weighted by Crippen LogP contribution is -2.30. The number of carbonyl (C=O) groups is 1. The van der Waals surface area contributed by atoms with Crippen LogP contribution in [0.4, 0.5) is 29.0 Å². The smallest absolute Gasteiger partial charge is 0.251 e. The third-order valence-corrected chi connectivity index (χ3v) is 6.82. The molecular formula is C23H27N7O3S. The summed E-state index contributed by atoms with van der Waals surface area (Å²) in [6, 6.07) is 13.4. The van der Waals surface area contributed by atoms with E-state index >= 15 is 0 Å². The molecule has 0 aliphatic carbocycles. The molecule has 4 rings (SSSR count). The molecule has 0 saturated carbocycles. The normalized spacial score (nSPS) is 12.7. The Morgan fingerprint density at radius 1 is 1.06 bits per heavy atom. The predicted molar refractivity (Wildman–Crippen MR) is 133 cm³/mol. The van der Waals surface area contributed by atoms with Crippen molar-refractivity contribution in [2.24, 2.45) is 0 Å². The van der Waals surface area contributed by atoms with E-state index in [1.54, 1.807) is 63.4 Å². The zero-order valence-corrected chi connectivity index (χ0v) is 20.0. The van der Waals surface area contributed by atoms with Crippen LogP contribution < -0.4 is 26.0 Å². The highest BCUT2D eigenvalue weighted by Gasteiger charge is 2.23. The fourth-order valence-corrected chi connectivity index (χ4v) is 5.06. The van der Waals surface area contributed by atoms with Gasteiger partial charge in [-0.1, -0.05) is 18.2 Å². The molecule has 11 heteroatoms. The van der Waals surface area contributed by atoms with Gasteiger partial charge in [0.15, 0.2) is 0 Å². The molecule has 0 unspecified atom stereocenters. The van der Waals surface area contributed by atoms with Crippen molar-refractivity contribution in [1.29, 1.82) is 0 Å². The number of nitrogens with zero attached hydrogens (tertiary/aromatic N) is 2. The number of fused-ring (bicyclic) bond motifs is 1. The average molecular weight is 482 g/mol. The van der Waals surface area contributed by atoms with Crippen LogP contribution in [0.5, 0.6) is 0 Å². The average Bonchev–Trinajstić information content (AvgIpc) is 3.27. The maximum absolute atomic E-state index is 12.9. The Morgan fingerprint density at radius 2 is 1.85 bits per heavy atom. The minimum absolute atomic E-state index is 0.134. The minimum atomic E-state index is -3.72. The summed E-state index contributed by atoms with van der Waals surface area (Å²) in [5.41, 5.74) is 2.43. The zero-order chi connectivity index (χ0) is 24.3. The van der Waals surface area contributed by atoms with Gasteiger partial charge < -0.3 is 21.3 Å². The Kier molecular flexibility index (Phi) is 6.66. The van der Waals surface area contributed by atoms with Crippen molar-refractivity contribution in [1.82, 2.24) is 20.0 Å². The molecule has 2 heterocycles. The lowest BCUT2D eigenvalue weighted by molar-refractivity contribution is 0.0963. The van der Waals surface area contributed by atoms with Crippen molar-refractivity contribution >= 4 is 44.9 Å². The van der Waals surface area contributed by atoms with Crippen molar-refractivity contribution in [3.05, 3.63) is 59.7 Å². The van der Waals surface area contributed by atoms with Gasteiger partial charge in [-0.15, -0.1) is 0 Å². The highest BCUT2D eigenvalue weighted by molar-refractivity contribution is 7.89. The van der Waals surface area contributed by atoms with E-state index in [0.29, 0.717) is 47.5 Å². The Balaban J connectivity index is 1.68. The summed E-state index contributed by atoms with van der Waals surface area (Å²) in [4.78, 5) is 21.3. The number of anilines is 5. The number of sulfonamides is 1. The van der Waals surface area contributed by atoms with Crippen LogP contribution in [-0.4, -0.2) is 43.9 Å². The topological polar surface area (TPSA) is 137 Å². The maximum Gasteiger partial charge on any atom is 0.251 e. The number of hydrogen-bond donors (Lipinski definition) is 5. The molecule has 0 bridgehead atoms. The van der Waals surface area contributed by atoms with E-state index < -0.39 is 10.0 Å². The van der Waals surface area contributed by atoms with Gasteiger partial charge in [-0.3, -0.25) is 4.79 Å². The Bertz CT molecular complexity index is 1330. The van der Waals surface area contributed by atoms with Crippen molar-refractivity contribution in [2.45, 2.75) is 31.2 Å². The molecule has 1 amide bonds. The first-order valence-electron chi connectivity index (χ1n) is 10.9. The lowest BCUT2D eigenvalue weighted by atomic mass is 10.2. The van der Waals surface area contributed by atoms with E-state index in [1.165, 1.54) is 0 Å². The molecule has 178 valence electrons.